The summed E-state index contributed by atoms with van der Waals surface area (Å²) in [6.45, 7) is 4.93. The van der Waals surface area contributed by atoms with Gasteiger partial charge in [0.05, 0.1) is 25.4 Å². The van der Waals surface area contributed by atoms with Crippen molar-refractivity contribution in [2.45, 2.75) is 450 Å². The fourth-order valence-corrected chi connectivity index (χ4v) is 12.4. The smallest absolute Gasteiger partial charge is 0.305 e. The van der Waals surface area contributed by atoms with Crippen LogP contribution in [0.3, 0.4) is 0 Å². The van der Waals surface area contributed by atoms with E-state index < -0.39 is 12.1 Å². The highest BCUT2D eigenvalue weighted by Gasteiger charge is 2.18. The van der Waals surface area contributed by atoms with Gasteiger partial charge in [-0.15, -0.1) is 0 Å². The molecule has 0 aliphatic heterocycles. The van der Waals surface area contributed by atoms with Gasteiger partial charge in [-0.25, -0.2) is 0 Å². The molecule has 0 fully saturated rings. The number of carbonyl (C=O) groups is 2. The third-order valence-corrected chi connectivity index (χ3v) is 18.4. The number of esters is 1. The van der Waals surface area contributed by atoms with Crippen LogP contribution in [0.5, 0.6) is 0 Å². The van der Waals surface area contributed by atoms with E-state index in [2.05, 4.69) is 43.5 Å². The molecule has 0 saturated carbocycles. The van der Waals surface area contributed by atoms with E-state index in [9.17, 15) is 19.8 Å². The molecule has 0 aliphatic carbocycles. The molecule has 0 spiro atoms. The van der Waals surface area contributed by atoms with Gasteiger partial charge in [0.1, 0.15) is 0 Å². The summed E-state index contributed by atoms with van der Waals surface area (Å²) in [5.74, 6) is -0.0457. The summed E-state index contributed by atoms with van der Waals surface area (Å²) in [7, 11) is 0. The maximum Gasteiger partial charge on any atom is 0.305 e. The van der Waals surface area contributed by atoms with E-state index in [1.165, 1.54) is 360 Å². The maximum atomic E-state index is 12.6. The van der Waals surface area contributed by atoms with Crippen molar-refractivity contribution in [1.29, 1.82) is 0 Å². The van der Waals surface area contributed by atoms with Gasteiger partial charge >= 0.3 is 5.97 Å². The molecule has 3 N–H and O–H groups in total. The molecule has 86 heavy (non-hydrogen) atoms. The van der Waals surface area contributed by atoms with Gasteiger partial charge in [0, 0.05) is 12.8 Å². The fraction of sp³-hybridized carbons (Fsp3) is 0.900. The monoisotopic (exact) mass is 1210 g/mol. The maximum absolute atomic E-state index is 12.6. The third kappa shape index (κ3) is 71.2. The first-order chi connectivity index (χ1) is 42.5. The highest BCUT2D eigenvalue weighted by molar-refractivity contribution is 5.76. The molecule has 0 aromatic carbocycles. The Morgan fingerprint density at radius 1 is 0.326 bits per heavy atom. The van der Waals surface area contributed by atoms with Crippen molar-refractivity contribution in [2.24, 2.45) is 0 Å². The number of hydrogen-bond acceptors (Lipinski definition) is 5. The number of nitrogens with one attached hydrogen (secondary N) is 1. The average Bonchev–Trinajstić information content (AvgIpc) is 3.53. The van der Waals surface area contributed by atoms with E-state index >= 15 is 0 Å². The lowest BCUT2D eigenvalue weighted by Crippen LogP contribution is -2.45. The molecule has 2 unspecified atom stereocenters. The molecule has 0 rings (SSSR count). The van der Waals surface area contributed by atoms with Crippen molar-refractivity contribution in [1.82, 2.24) is 5.32 Å². The second-order valence-corrected chi connectivity index (χ2v) is 27.0. The summed E-state index contributed by atoms with van der Waals surface area (Å²) < 4.78 is 5.51. The highest BCUT2D eigenvalue weighted by Crippen LogP contribution is 2.20. The molecule has 6 nitrogen and oxygen atoms in total. The van der Waals surface area contributed by atoms with Gasteiger partial charge < -0.3 is 20.3 Å². The summed E-state index contributed by atoms with van der Waals surface area (Å²) in [4.78, 5) is 24.7. The standard InChI is InChI=1S/C80H153NO5/c1-3-5-7-9-11-13-15-17-19-21-23-24-30-33-37-40-44-48-52-56-60-64-68-72-78(83)77(76-82)81-79(84)73-69-65-61-57-53-49-45-41-38-34-31-28-26-25-27-29-32-35-39-43-47-51-55-59-63-67-71-75-86-80(85)74-70-66-62-58-54-50-46-42-36-22-20-18-16-14-12-10-8-6-4-2/h12,14,18,20,68,72,77-78,82-83H,3-11,13,15-17,19,21-67,69-71,73-76H2,1-2H3,(H,81,84)/b14-12-,20-18-,72-68+. The van der Waals surface area contributed by atoms with Crippen molar-refractivity contribution in [3.63, 3.8) is 0 Å². The molecule has 2 atom stereocenters. The Bertz CT molecular complexity index is 1390. The second-order valence-electron chi connectivity index (χ2n) is 27.0. The van der Waals surface area contributed by atoms with E-state index in [4.69, 9.17) is 4.74 Å². The van der Waals surface area contributed by atoms with Crippen molar-refractivity contribution in [3.8, 4) is 0 Å². The molecular weight excluding hydrogens is 1050 g/mol. The summed E-state index contributed by atoms with van der Waals surface area (Å²) in [6, 6.07) is -0.627. The number of ether oxygens (including phenoxy) is 1. The van der Waals surface area contributed by atoms with Gasteiger partial charge in [0.25, 0.3) is 0 Å². The molecule has 0 aromatic heterocycles. The Morgan fingerprint density at radius 2 is 0.581 bits per heavy atom. The van der Waals surface area contributed by atoms with Crippen LogP contribution < -0.4 is 5.32 Å². The fourth-order valence-electron chi connectivity index (χ4n) is 12.4. The Labute approximate surface area is 538 Å². The van der Waals surface area contributed by atoms with Crippen LogP contribution in [0, 0.1) is 0 Å². The van der Waals surface area contributed by atoms with E-state index in [1.54, 1.807) is 6.08 Å². The van der Waals surface area contributed by atoms with E-state index in [0.717, 1.165) is 51.4 Å². The number of carbonyl (C=O) groups excluding carboxylic acids is 2. The van der Waals surface area contributed by atoms with Crippen molar-refractivity contribution in [3.05, 3.63) is 36.5 Å². The highest BCUT2D eigenvalue weighted by atomic mass is 16.5. The number of aliphatic hydroxyl groups is 2. The van der Waals surface area contributed by atoms with E-state index in [0.29, 0.717) is 19.4 Å². The number of allylic oxidation sites excluding steroid dienone is 5. The molecule has 508 valence electrons. The average molecular weight is 1210 g/mol. The molecular formula is C80H153NO5. The molecule has 0 radical (unpaired) electrons. The van der Waals surface area contributed by atoms with E-state index in [-0.39, 0.29) is 18.5 Å². The zero-order valence-corrected chi connectivity index (χ0v) is 58.3. The number of amides is 1. The molecule has 1 amide bonds. The predicted octanol–water partition coefficient (Wildman–Crippen LogP) is 25.8. The largest absolute Gasteiger partial charge is 0.466 e. The number of aliphatic hydroxyl groups excluding tert-OH is 2. The quantitative estimate of drug-likeness (QED) is 0.0320. The summed E-state index contributed by atoms with van der Waals surface area (Å²) in [5, 5.41) is 23.3. The van der Waals surface area contributed by atoms with Gasteiger partial charge in [0.2, 0.25) is 5.91 Å². The van der Waals surface area contributed by atoms with Crippen LogP contribution >= 0.6 is 0 Å². The van der Waals surface area contributed by atoms with Crippen molar-refractivity contribution < 1.29 is 24.5 Å². The van der Waals surface area contributed by atoms with Crippen LogP contribution in [0.15, 0.2) is 36.5 Å². The Hall–Kier alpha value is -1.92. The predicted molar refractivity (Wildman–Crippen MR) is 379 cm³/mol. The minimum absolute atomic E-state index is 0.0148. The van der Waals surface area contributed by atoms with Gasteiger partial charge in [-0.2, -0.15) is 0 Å². The topological polar surface area (TPSA) is 95.9 Å². The molecule has 0 bridgehead atoms. The zero-order chi connectivity index (χ0) is 62.0. The minimum atomic E-state index is -0.844. The lowest BCUT2D eigenvalue weighted by molar-refractivity contribution is -0.143. The van der Waals surface area contributed by atoms with Crippen LogP contribution in [0.25, 0.3) is 0 Å². The Morgan fingerprint density at radius 3 is 0.907 bits per heavy atom. The zero-order valence-electron chi connectivity index (χ0n) is 58.3. The second kappa shape index (κ2) is 75.5. The van der Waals surface area contributed by atoms with Gasteiger partial charge in [-0.3, -0.25) is 9.59 Å². The lowest BCUT2D eigenvalue weighted by Gasteiger charge is -2.20. The van der Waals surface area contributed by atoms with E-state index in [1.807, 2.05) is 6.08 Å². The number of rotatable bonds is 74. The van der Waals surface area contributed by atoms with Gasteiger partial charge in [0.15, 0.2) is 0 Å². The summed E-state index contributed by atoms with van der Waals surface area (Å²) >= 11 is 0. The Balaban J connectivity index is 3.37. The van der Waals surface area contributed by atoms with Crippen molar-refractivity contribution >= 4 is 11.9 Å². The normalized spacial score (nSPS) is 12.7. The van der Waals surface area contributed by atoms with Crippen LogP contribution in [0.2, 0.25) is 0 Å². The van der Waals surface area contributed by atoms with Crippen molar-refractivity contribution in [2.75, 3.05) is 13.2 Å². The molecule has 6 heteroatoms. The first-order valence-electron chi connectivity index (χ1n) is 39.3. The lowest BCUT2D eigenvalue weighted by atomic mass is 10.0. The van der Waals surface area contributed by atoms with Crippen LogP contribution in [-0.2, 0) is 14.3 Å². The van der Waals surface area contributed by atoms with Crippen LogP contribution in [-0.4, -0.2) is 47.4 Å². The molecule has 0 saturated heterocycles. The third-order valence-electron chi connectivity index (χ3n) is 18.4. The van der Waals surface area contributed by atoms with Gasteiger partial charge in [-0.05, 0) is 64.2 Å². The summed E-state index contributed by atoms with van der Waals surface area (Å²) in [6.07, 6.45) is 98.3. The SMILES string of the molecule is CCCCC/C=C\C/C=C\CCCCCCCCCCCC(=O)OCCCCCCCCCCCCCCCCCCCCCCCCCCCCCC(=O)NC(CO)C(O)/C=C/CCCCCCCCCCCCCCCCCCCCCCC. The molecule has 0 aliphatic rings. The van der Waals surface area contributed by atoms with Crippen LogP contribution in [0.1, 0.15) is 438 Å². The Kier molecular flexibility index (Phi) is 73.9. The molecule has 0 heterocycles. The summed E-state index contributed by atoms with van der Waals surface area (Å²) in [5.41, 5.74) is 0. The van der Waals surface area contributed by atoms with Crippen LogP contribution in [0.4, 0.5) is 0 Å². The first-order valence-corrected chi connectivity index (χ1v) is 39.3. The number of unbranched alkanes of at least 4 members (excludes halogenated alkanes) is 59. The first kappa shape index (κ1) is 84.1. The van der Waals surface area contributed by atoms with Gasteiger partial charge in [-0.1, -0.05) is 397 Å². The number of hydrogen-bond donors (Lipinski definition) is 3. The minimum Gasteiger partial charge on any atom is -0.466 e. The molecule has 0 aromatic rings.